The number of pyridine rings is 1. The Morgan fingerprint density at radius 2 is 1.74 bits per heavy atom. The Hall–Kier alpha value is -2.18. The van der Waals surface area contributed by atoms with Crippen LogP contribution in [0, 0.1) is 0 Å². The molecule has 0 bridgehead atoms. The fourth-order valence-electron chi connectivity index (χ4n) is 1.51. The fraction of sp³-hybridized carbons (Fsp3) is 0. The van der Waals surface area contributed by atoms with E-state index in [4.69, 9.17) is 5.14 Å². The van der Waals surface area contributed by atoms with E-state index in [1.807, 2.05) is 18.3 Å². The highest BCUT2D eigenvalue weighted by Crippen LogP contribution is 2.09. The molecule has 3 N–H and O–H groups in total. The molecule has 0 aliphatic heterocycles. The van der Waals surface area contributed by atoms with Gasteiger partial charge in [0.2, 0.25) is 0 Å². The third-order valence-corrected chi connectivity index (χ3v) is 3.22. The largest absolute Gasteiger partial charge is 0.361 e. The zero-order chi connectivity index (χ0) is 13.7. The molecule has 1 aromatic carbocycles. The van der Waals surface area contributed by atoms with Crippen molar-refractivity contribution in [2.24, 2.45) is 5.14 Å². The first-order chi connectivity index (χ1) is 9.07. The Morgan fingerprint density at radius 1 is 1.00 bits per heavy atom. The number of para-hydroxylation sites is 1. The van der Waals surface area contributed by atoms with Crippen molar-refractivity contribution in [3.63, 3.8) is 0 Å². The molecule has 0 amide bonds. The lowest BCUT2D eigenvalue weighted by Gasteiger charge is -1.92. The molecule has 0 aliphatic rings. The van der Waals surface area contributed by atoms with E-state index in [1.54, 1.807) is 12.1 Å². The average molecular weight is 275 g/mol. The van der Waals surface area contributed by atoms with Gasteiger partial charge in [0.1, 0.15) is 0 Å². The van der Waals surface area contributed by atoms with Crippen molar-refractivity contribution in [2.45, 2.75) is 5.03 Å². The summed E-state index contributed by atoms with van der Waals surface area (Å²) in [6.45, 7) is 0. The standard InChI is InChI=1S/C8H7N.C5H6N2O2S/c1-2-4-8-7(3-1)5-6-9-8;6-10(8,9)5-3-1-2-4-7-5/h1-6,9H;1-4H,(H2,6,8,9). The molecule has 0 saturated heterocycles. The number of primary sulfonamides is 1. The van der Waals surface area contributed by atoms with E-state index >= 15 is 0 Å². The van der Waals surface area contributed by atoms with Crippen LogP contribution in [0.4, 0.5) is 0 Å². The molecule has 0 spiro atoms. The maximum Gasteiger partial charge on any atom is 0.255 e. The third-order valence-electron chi connectivity index (χ3n) is 2.39. The zero-order valence-electron chi connectivity index (χ0n) is 10.0. The highest BCUT2D eigenvalue weighted by molar-refractivity contribution is 7.89. The van der Waals surface area contributed by atoms with Gasteiger partial charge in [0.25, 0.3) is 10.0 Å². The number of sulfonamides is 1. The van der Waals surface area contributed by atoms with Gasteiger partial charge in [-0.25, -0.2) is 18.5 Å². The lowest BCUT2D eigenvalue weighted by atomic mass is 10.3. The minimum absolute atomic E-state index is 0.102. The number of rotatable bonds is 1. The molecular formula is C13H13N3O2S. The molecule has 0 saturated carbocycles. The fourth-order valence-corrected chi connectivity index (χ4v) is 1.99. The summed E-state index contributed by atoms with van der Waals surface area (Å²) in [7, 11) is -3.61. The molecule has 2 aromatic heterocycles. The van der Waals surface area contributed by atoms with Crippen molar-refractivity contribution in [3.05, 3.63) is 60.9 Å². The van der Waals surface area contributed by atoms with E-state index in [-0.39, 0.29) is 5.03 Å². The normalized spacial score (nSPS) is 10.8. The lowest BCUT2D eigenvalue weighted by Crippen LogP contribution is -2.13. The smallest absolute Gasteiger partial charge is 0.255 e. The van der Waals surface area contributed by atoms with Gasteiger partial charge in [-0.1, -0.05) is 24.3 Å². The number of fused-ring (bicyclic) bond motifs is 1. The average Bonchev–Trinajstić information content (AvgIpc) is 2.88. The third kappa shape index (κ3) is 3.64. The molecule has 19 heavy (non-hydrogen) atoms. The van der Waals surface area contributed by atoms with Crippen molar-refractivity contribution in [1.82, 2.24) is 9.97 Å². The first-order valence-corrected chi connectivity index (χ1v) is 7.08. The summed E-state index contributed by atoms with van der Waals surface area (Å²) in [5.41, 5.74) is 1.21. The topological polar surface area (TPSA) is 88.8 Å². The molecule has 3 aromatic rings. The summed E-state index contributed by atoms with van der Waals surface area (Å²) in [5.74, 6) is 0. The number of nitrogens with two attached hydrogens (primary N) is 1. The zero-order valence-corrected chi connectivity index (χ0v) is 10.8. The molecule has 0 atom stereocenters. The van der Waals surface area contributed by atoms with Crippen molar-refractivity contribution < 1.29 is 8.42 Å². The minimum atomic E-state index is -3.61. The molecule has 0 aliphatic carbocycles. The summed E-state index contributed by atoms with van der Waals surface area (Å²) in [4.78, 5) is 6.66. The summed E-state index contributed by atoms with van der Waals surface area (Å²) >= 11 is 0. The molecule has 0 radical (unpaired) electrons. The van der Waals surface area contributed by atoms with Crippen LogP contribution < -0.4 is 5.14 Å². The van der Waals surface area contributed by atoms with Crippen LogP contribution in [-0.2, 0) is 10.0 Å². The summed E-state index contributed by atoms with van der Waals surface area (Å²) in [6, 6.07) is 14.8. The van der Waals surface area contributed by atoms with E-state index < -0.39 is 10.0 Å². The van der Waals surface area contributed by atoms with Gasteiger partial charge in [-0.2, -0.15) is 0 Å². The van der Waals surface area contributed by atoms with Gasteiger partial charge in [0.05, 0.1) is 0 Å². The van der Waals surface area contributed by atoms with E-state index in [9.17, 15) is 8.42 Å². The van der Waals surface area contributed by atoms with Crippen LogP contribution in [0.3, 0.4) is 0 Å². The molecule has 2 heterocycles. The second-order valence-corrected chi connectivity index (χ2v) is 5.29. The highest BCUT2D eigenvalue weighted by atomic mass is 32.2. The Balaban J connectivity index is 0.000000141. The van der Waals surface area contributed by atoms with E-state index in [0.717, 1.165) is 0 Å². The van der Waals surface area contributed by atoms with Crippen LogP contribution in [0.2, 0.25) is 0 Å². The quantitative estimate of drug-likeness (QED) is 0.710. The summed E-state index contributed by atoms with van der Waals surface area (Å²) < 4.78 is 21.1. The first kappa shape index (κ1) is 13.3. The minimum Gasteiger partial charge on any atom is -0.361 e. The maximum absolute atomic E-state index is 10.5. The summed E-state index contributed by atoms with van der Waals surface area (Å²) in [5, 5.41) is 5.94. The van der Waals surface area contributed by atoms with Crippen LogP contribution in [0.5, 0.6) is 0 Å². The van der Waals surface area contributed by atoms with Gasteiger partial charge in [-0.3, -0.25) is 0 Å². The van der Waals surface area contributed by atoms with Crippen LogP contribution in [0.25, 0.3) is 10.9 Å². The number of benzene rings is 1. The van der Waals surface area contributed by atoms with Crippen LogP contribution in [0.15, 0.2) is 66.0 Å². The molecular weight excluding hydrogens is 262 g/mol. The molecule has 6 heteroatoms. The first-order valence-electron chi connectivity index (χ1n) is 5.53. The number of hydrogen-bond donors (Lipinski definition) is 2. The Labute approximate surface area is 111 Å². The number of aromatic nitrogens is 2. The monoisotopic (exact) mass is 275 g/mol. The Morgan fingerprint density at radius 3 is 2.32 bits per heavy atom. The second-order valence-electron chi connectivity index (χ2n) is 3.78. The predicted molar refractivity (Wildman–Crippen MR) is 73.9 cm³/mol. The Bertz CT molecular complexity index is 721. The second kappa shape index (κ2) is 5.64. The van der Waals surface area contributed by atoms with Crippen molar-refractivity contribution in [3.8, 4) is 0 Å². The van der Waals surface area contributed by atoms with Gasteiger partial charge < -0.3 is 4.98 Å². The van der Waals surface area contributed by atoms with Crippen LogP contribution >= 0.6 is 0 Å². The Kier molecular flexibility index (Phi) is 3.94. The number of aromatic amines is 1. The molecule has 0 unspecified atom stereocenters. The van der Waals surface area contributed by atoms with Gasteiger partial charge in [0.15, 0.2) is 5.03 Å². The van der Waals surface area contributed by atoms with E-state index in [0.29, 0.717) is 0 Å². The number of hydrogen-bond acceptors (Lipinski definition) is 3. The number of nitrogens with one attached hydrogen (secondary N) is 1. The van der Waals surface area contributed by atoms with Crippen molar-refractivity contribution >= 4 is 20.9 Å². The molecule has 0 fully saturated rings. The van der Waals surface area contributed by atoms with Crippen LogP contribution in [0.1, 0.15) is 0 Å². The van der Waals surface area contributed by atoms with E-state index in [1.165, 1.54) is 23.2 Å². The van der Waals surface area contributed by atoms with Gasteiger partial charge in [0, 0.05) is 17.9 Å². The van der Waals surface area contributed by atoms with Gasteiger partial charge >= 0.3 is 0 Å². The van der Waals surface area contributed by atoms with Crippen molar-refractivity contribution in [1.29, 1.82) is 0 Å². The molecule has 5 nitrogen and oxygen atoms in total. The maximum atomic E-state index is 10.5. The van der Waals surface area contributed by atoms with Gasteiger partial charge in [-0.15, -0.1) is 0 Å². The lowest BCUT2D eigenvalue weighted by molar-refractivity contribution is 0.594. The number of nitrogens with zero attached hydrogens (tertiary/aromatic N) is 1. The molecule has 98 valence electrons. The SMILES string of the molecule is NS(=O)(=O)c1ccccn1.c1ccc2[nH]ccc2c1. The predicted octanol–water partition coefficient (Wildman–Crippen LogP) is 1.90. The van der Waals surface area contributed by atoms with Crippen LogP contribution in [-0.4, -0.2) is 18.4 Å². The summed E-state index contributed by atoms with van der Waals surface area (Å²) in [6.07, 6.45) is 3.32. The van der Waals surface area contributed by atoms with E-state index in [2.05, 4.69) is 28.2 Å². The molecule has 3 rings (SSSR count). The van der Waals surface area contributed by atoms with Gasteiger partial charge in [-0.05, 0) is 29.7 Å². The number of H-pyrrole nitrogens is 1. The highest BCUT2D eigenvalue weighted by Gasteiger charge is 2.05. The van der Waals surface area contributed by atoms with Crippen molar-refractivity contribution in [2.75, 3.05) is 0 Å².